The lowest BCUT2D eigenvalue weighted by Crippen LogP contribution is -2.25. The van der Waals surface area contributed by atoms with E-state index in [9.17, 15) is 4.79 Å². The Morgan fingerprint density at radius 1 is 1.48 bits per heavy atom. The van der Waals surface area contributed by atoms with E-state index in [1.165, 1.54) is 0 Å². The fraction of sp³-hybridized carbons (Fsp3) is 0.529. The quantitative estimate of drug-likeness (QED) is 0.935. The highest BCUT2D eigenvalue weighted by Crippen LogP contribution is 2.59. The molecule has 1 saturated heterocycles. The van der Waals surface area contributed by atoms with E-state index in [0.717, 1.165) is 50.1 Å². The first-order valence-corrected chi connectivity index (χ1v) is 8.55. The van der Waals surface area contributed by atoms with Crippen LogP contribution in [0.25, 0.3) is 11.0 Å². The molecule has 1 aromatic carbocycles. The number of fused-ring (bicyclic) bond motifs is 1. The van der Waals surface area contributed by atoms with Gasteiger partial charge >= 0.3 is 0 Å². The molecule has 1 N–H and O–H groups in total. The number of hydrogen-bond acceptors (Lipinski definition) is 3. The predicted octanol–water partition coefficient (Wildman–Crippen LogP) is 3.46. The molecule has 23 heavy (non-hydrogen) atoms. The summed E-state index contributed by atoms with van der Waals surface area (Å²) in [4.78, 5) is 17.2. The highest BCUT2D eigenvalue weighted by molar-refractivity contribution is 6.31. The molecule has 2 aliphatic rings. The summed E-state index contributed by atoms with van der Waals surface area (Å²) in [7, 11) is 0. The Morgan fingerprint density at radius 2 is 2.26 bits per heavy atom. The summed E-state index contributed by atoms with van der Waals surface area (Å²) >= 11 is 6.04. The van der Waals surface area contributed by atoms with Crippen molar-refractivity contribution in [3.63, 3.8) is 0 Å². The van der Waals surface area contributed by atoms with Crippen LogP contribution in [0, 0.1) is 11.3 Å². The smallest absolute Gasteiger partial charge is 0.230 e. The summed E-state index contributed by atoms with van der Waals surface area (Å²) in [5.74, 6) is 0.798. The van der Waals surface area contributed by atoms with Gasteiger partial charge < -0.3 is 9.30 Å². The average Bonchev–Trinajstić information content (AvgIpc) is 3.12. The Hall–Kier alpha value is -1.59. The average molecular weight is 334 g/mol. The van der Waals surface area contributed by atoms with Crippen LogP contribution in [0.15, 0.2) is 18.2 Å². The largest absolute Gasteiger partial charge is 0.381 e. The van der Waals surface area contributed by atoms with Crippen LogP contribution in [0.2, 0.25) is 5.02 Å². The number of rotatable bonds is 3. The number of aromatic nitrogens is 2. The Kier molecular flexibility index (Phi) is 3.58. The minimum absolute atomic E-state index is 0.0861. The van der Waals surface area contributed by atoms with E-state index in [1.54, 1.807) is 0 Å². The SMILES string of the molecule is CCn1c(NC(=O)C2CC23CCOCC3)nc2cc(Cl)ccc21. The zero-order valence-corrected chi connectivity index (χ0v) is 13.9. The minimum Gasteiger partial charge on any atom is -0.381 e. The zero-order valence-electron chi connectivity index (χ0n) is 13.1. The van der Waals surface area contributed by atoms with Gasteiger partial charge in [-0.15, -0.1) is 0 Å². The van der Waals surface area contributed by atoms with Crippen LogP contribution in [-0.2, 0) is 16.1 Å². The predicted molar refractivity (Wildman–Crippen MR) is 89.6 cm³/mol. The van der Waals surface area contributed by atoms with Gasteiger partial charge in [-0.3, -0.25) is 10.1 Å². The highest BCUT2D eigenvalue weighted by Gasteiger charge is 2.58. The van der Waals surface area contributed by atoms with Crippen LogP contribution in [0.1, 0.15) is 26.2 Å². The summed E-state index contributed by atoms with van der Waals surface area (Å²) in [6.07, 6.45) is 2.95. The van der Waals surface area contributed by atoms with E-state index < -0.39 is 0 Å². The zero-order chi connectivity index (χ0) is 16.0. The highest BCUT2D eigenvalue weighted by atomic mass is 35.5. The number of imidazole rings is 1. The molecule has 0 radical (unpaired) electrons. The maximum absolute atomic E-state index is 12.6. The molecule has 6 heteroatoms. The van der Waals surface area contributed by atoms with Crippen molar-refractivity contribution in [1.82, 2.24) is 9.55 Å². The van der Waals surface area contributed by atoms with E-state index in [2.05, 4.69) is 10.3 Å². The molecule has 122 valence electrons. The van der Waals surface area contributed by atoms with E-state index in [0.29, 0.717) is 11.0 Å². The number of nitrogens with zero attached hydrogens (tertiary/aromatic N) is 2. The molecule has 1 spiro atoms. The third-order valence-electron chi connectivity index (χ3n) is 5.26. The van der Waals surface area contributed by atoms with Gasteiger partial charge in [-0.1, -0.05) is 11.6 Å². The van der Waals surface area contributed by atoms with Crippen molar-refractivity contribution < 1.29 is 9.53 Å². The Balaban J connectivity index is 1.57. The Labute approximate surface area is 140 Å². The standard InChI is InChI=1S/C17H20ClN3O2/c1-2-21-14-4-3-11(18)9-13(14)19-16(21)20-15(22)12-10-17(12)5-7-23-8-6-17/h3-4,9,12H,2,5-8,10H2,1H3,(H,19,20,22). The maximum atomic E-state index is 12.6. The number of benzene rings is 1. The third kappa shape index (κ3) is 2.52. The van der Waals surface area contributed by atoms with Crippen molar-refractivity contribution >= 4 is 34.5 Å². The van der Waals surface area contributed by atoms with Gasteiger partial charge in [0.1, 0.15) is 0 Å². The van der Waals surface area contributed by atoms with Crippen LogP contribution in [0.4, 0.5) is 5.95 Å². The van der Waals surface area contributed by atoms with Gasteiger partial charge in [-0.05, 0) is 49.8 Å². The lowest BCUT2D eigenvalue weighted by Gasteiger charge is -2.22. The number of carbonyl (C=O) groups is 1. The molecule has 2 heterocycles. The molecule has 1 aliphatic carbocycles. The van der Waals surface area contributed by atoms with Crippen LogP contribution in [0.5, 0.6) is 0 Å². The Bertz CT molecular complexity index is 765. The molecular weight excluding hydrogens is 314 g/mol. The molecule has 5 nitrogen and oxygen atoms in total. The molecule has 0 bridgehead atoms. The van der Waals surface area contributed by atoms with E-state index in [1.807, 2.05) is 29.7 Å². The first-order valence-electron chi connectivity index (χ1n) is 8.17. The van der Waals surface area contributed by atoms with E-state index >= 15 is 0 Å². The van der Waals surface area contributed by atoms with E-state index in [4.69, 9.17) is 16.3 Å². The number of anilines is 1. The molecule has 1 aliphatic heterocycles. The number of amides is 1. The molecular formula is C17H20ClN3O2. The van der Waals surface area contributed by atoms with Gasteiger partial charge in [0, 0.05) is 30.7 Å². The topological polar surface area (TPSA) is 56.2 Å². The number of aryl methyl sites for hydroxylation is 1. The number of carbonyl (C=O) groups excluding carboxylic acids is 1. The van der Waals surface area contributed by atoms with Crippen LogP contribution in [-0.4, -0.2) is 28.7 Å². The lowest BCUT2D eigenvalue weighted by molar-refractivity contribution is -0.118. The number of hydrogen-bond donors (Lipinski definition) is 1. The second-order valence-corrected chi connectivity index (χ2v) is 6.97. The molecule has 1 aromatic heterocycles. The first kappa shape index (κ1) is 15.0. The molecule has 2 aromatic rings. The van der Waals surface area contributed by atoms with E-state index in [-0.39, 0.29) is 17.2 Å². The molecule has 4 rings (SSSR count). The van der Waals surface area contributed by atoms with Crippen LogP contribution in [0.3, 0.4) is 0 Å². The van der Waals surface area contributed by atoms with Crippen molar-refractivity contribution in [2.45, 2.75) is 32.7 Å². The first-order chi connectivity index (χ1) is 11.1. The van der Waals surface area contributed by atoms with Gasteiger partial charge in [0.25, 0.3) is 0 Å². The monoisotopic (exact) mass is 333 g/mol. The van der Waals surface area contributed by atoms with Gasteiger partial charge in [0.15, 0.2) is 0 Å². The second-order valence-electron chi connectivity index (χ2n) is 6.53. The summed E-state index contributed by atoms with van der Waals surface area (Å²) in [6, 6.07) is 5.62. The summed E-state index contributed by atoms with van der Waals surface area (Å²) in [5.41, 5.74) is 1.98. The second kappa shape index (κ2) is 5.49. The van der Waals surface area contributed by atoms with Gasteiger partial charge in [0.2, 0.25) is 11.9 Å². The van der Waals surface area contributed by atoms with Crippen LogP contribution >= 0.6 is 11.6 Å². The molecule has 1 saturated carbocycles. The normalized spacial score (nSPS) is 22.4. The molecule has 2 fully saturated rings. The fourth-order valence-electron chi connectivity index (χ4n) is 3.76. The number of ether oxygens (including phenoxy) is 1. The van der Waals surface area contributed by atoms with Crippen molar-refractivity contribution in [3.05, 3.63) is 23.2 Å². The molecule has 1 atom stereocenters. The van der Waals surface area contributed by atoms with Gasteiger partial charge in [0.05, 0.1) is 11.0 Å². The fourth-order valence-corrected chi connectivity index (χ4v) is 3.93. The van der Waals surface area contributed by atoms with Crippen LogP contribution < -0.4 is 5.32 Å². The Morgan fingerprint density at radius 3 is 3.00 bits per heavy atom. The maximum Gasteiger partial charge on any atom is 0.230 e. The van der Waals surface area contributed by atoms with Crippen molar-refractivity contribution in [3.8, 4) is 0 Å². The van der Waals surface area contributed by atoms with Crippen molar-refractivity contribution in [1.29, 1.82) is 0 Å². The lowest BCUT2D eigenvalue weighted by atomic mass is 9.94. The number of halogens is 1. The minimum atomic E-state index is 0.0861. The molecule has 1 unspecified atom stereocenters. The summed E-state index contributed by atoms with van der Waals surface area (Å²) in [5, 5.41) is 3.69. The third-order valence-corrected chi connectivity index (χ3v) is 5.49. The van der Waals surface area contributed by atoms with Crippen molar-refractivity contribution in [2.75, 3.05) is 18.5 Å². The summed E-state index contributed by atoms with van der Waals surface area (Å²) in [6.45, 7) is 4.34. The van der Waals surface area contributed by atoms with Gasteiger partial charge in [-0.2, -0.15) is 0 Å². The van der Waals surface area contributed by atoms with Gasteiger partial charge in [-0.25, -0.2) is 4.98 Å². The van der Waals surface area contributed by atoms with Crippen molar-refractivity contribution in [2.24, 2.45) is 11.3 Å². The number of nitrogens with one attached hydrogen (secondary N) is 1. The summed E-state index contributed by atoms with van der Waals surface area (Å²) < 4.78 is 7.43. The molecule has 1 amide bonds.